The predicted molar refractivity (Wildman–Crippen MR) is 192 cm³/mol. The van der Waals surface area contributed by atoms with Gasteiger partial charge < -0.3 is 0 Å². The number of hydrogen-bond acceptors (Lipinski definition) is 0. The van der Waals surface area contributed by atoms with Crippen LogP contribution in [0.15, 0.2) is 121 Å². The Morgan fingerprint density at radius 1 is 0.489 bits per heavy atom. The maximum atomic E-state index is 2.53. The minimum Gasteiger partial charge on any atom is -0.0616 e. The first-order chi connectivity index (χ1) is 22.1. The molecule has 216 valence electrons. The molecule has 0 saturated heterocycles. The van der Waals surface area contributed by atoms with Crippen molar-refractivity contribution >= 4 is 32.3 Å². The van der Waals surface area contributed by atoms with Crippen LogP contribution in [0.4, 0.5) is 0 Å². The van der Waals surface area contributed by atoms with E-state index < -0.39 is 0 Å². The number of benzene rings is 7. The van der Waals surface area contributed by atoms with Gasteiger partial charge in [-0.25, -0.2) is 0 Å². The molecular formula is C45H36. The van der Waals surface area contributed by atoms with E-state index in [4.69, 9.17) is 0 Å². The summed E-state index contributed by atoms with van der Waals surface area (Å²) < 4.78 is 0. The monoisotopic (exact) mass is 576 g/mol. The Bertz CT molecular complexity index is 2370. The lowest BCUT2D eigenvalue weighted by Gasteiger charge is -2.34. The first-order valence-electron chi connectivity index (χ1n) is 16.8. The van der Waals surface area contributed by atoms with Gasteiger partial charge in [0.2, 0.25) is 0 Å². The zero-order valence-electron chi connectivity index (χ0n) is 26.0. The van der Waals surface area contributed by atoms with Crippen molar-refractivity contribution < 1.29 is 0 Å². The van der Waals surface area contributed by atoms with E-state index in [1.807, 2.05) is 0 Å². The van der Waals surface area contributed by atoms with Crippen molar-refractivity contribution in [2.45, 2.75) is 50.9 Å². The lowest BCUT2D eigenvalue weighted by molar-refractivity contribution is 0.233. The molecule has 10 rings (SSSR count). The molecule has 0 amide bonds. The summed E-state index contributed by atoms with van der Waals surface area (Å²) >= 11 is 0. The molecule has 7 aromatic rings. The molecule has 1 saturated carbocycles. The fourth-order valence-corrected chi connectivity index (χ4v) is 9.65. The predicted octanol–water partition coefficient (Wildman–Crippen LogP) is 12.7. The van der Waals surface area contributed by atoms with E-state index in [1.54, 1.807) is 11.1 Å². The summed E-state index contributed by atoms with van der Waals surface area (Å²) in [7, 11) is 0. The summed E-state index contributed by atoms with van der Waals surface area (Å²) in [5.41, 5.74) is 14.1. The molecule has 0 aliphatic heterocycles. The van der Waals surface area contributed by atoms with Crippen LogP contribution in [0.3, 0.4) is 0 Å². The normalized spacial score (nSPS) is 19.2. The van der Waals surface area contributed by atoms with Crippen LogP contribution in [0.2, 0.25) is 0 Å². The van der Waals surface area contributed by atoms with E-state index in [9.17, 15) is 0 Å². The highest BCUT2D eigenvalue weighted by molar-refractivity contribution is 6.27. The topological polar surface area (TPSA) is 0 Å². The van der Waals surface area contributed by atoms with Gasteiger partial charge in [0, 0.05) is 0 Å². The lowest BCUT2D eigenvalue weighted by Crippen LogP contribution is -2.28. The van der Waals surface area contributed by atoms with Crippen LogP contribution in [0.25, 0.3) is 76.8 Å². The van der Waals surface area contributed by atoms with Gasteiger partial charge in [-0.3, -0.25) is 0 Å². The van der Waals surface area contributed by atoms with E-state index in [-0.39, 0.29) is 5.41 Å². The zero-order valence-corrected chi connectivity index (χ0v) is 26.0. The maximum absolute atomic E-state index is 2.53. The summed E-state index contributed by atoms with van der Waals surface area (Å²) in [4.78, 5) is 0. The molecule has 2 atom stereocenters. The molecule has 0 nitrogen and oxygen atoms in total. The molecule has 0 radical (unpaired) electrons. The Balaban J connectivity index is 1.10. The lowest BCUT2D eigenvalue weighted by atomic mass is 9.70. The summed E-state index contributed by atoms with van der Waals surface area (Å²) in [5, 5.41) is 8.05. The first kappa shape index (κ1) is 25.6. The standard InChI is InChI=1S/C45H36/c1-45(2)42-16-6-5-13-35(42)36-22-19-31(25-43(36)45)29-11-7-10-28(23-29)30-18-21-33-37-14-8-15-38-34-20-17-27-9-3-4-12-32(27)40(34)26-41(44(37)38)39(33)24-30/h3-4,7-12,14-15,17-26,35,42H,5-6,13,16H2,1-2H3. The molecule has 45 heavy (non-hydrogen) atoms. The minimum atomic E-state index is 0.250. The third-order valence-corrected chi connectivity index (χ3v) is 11.9. The van der Waals surface area contributed by atoms with Crippen molar-refractivity contribution in [2.24, 2.45) is 5.92 Å². The van der Waals surface area contributed by atoms with Crippen molar-refractivity contribution in [1.82, 2.24) is 0 Å². The molecule has 3 aliphatic carbocycles. The SMILES string of the molecule is CC1(C)c2cc(-c3cccc(-c4ccc5c(c4)-c4cc6c7ccccc7ccc6c6cccc-5c46)c3)ccc2C2CCCCC21. The van der Waals surface area contributed by atoms with E-state index in [2.05, 4.69) is 135 Å². The van der Waals surface area contributed by atoms with Crippen LogP contribution in [0, 0.1) is 5.92 Å². The minimum absolute atomic E-state index is 0.250. The van der Waals surface area contributed by atoms with Gasteiger partial charge in [0.15, 0.2) is 0 Å². The van der Waals surface area contributed by atoms with Crippen LogP contribution < -0.4 is 0 Å². The van der Waals surface area contributed by atoms with Gasteiger partial charge in [-0.2, -0.15) is 0 Å². The fourth-order valence-electron chi connectivity index (χ4n) is 9.65. The third-order valence-electron chi connectivity index (χ3n) is 11.9. The van der Waals surface area contributed by atoms with Crippen LogP contribution in [-0.2, 0) is 5.41 Å². The largest absolute Gasteiger partial charge is 0.0616 e. The van der Waals surface area contributed by atoms with Crippen molar-refractivity contribution in [3.8, 4) is 44.5 Å². The van der Waals surface area contributed by atoms with E-state index in [0.717, 1.165) is 11.8 Å². The second-order valence-electron chi connectivity index (χ2n) is 14.4. The Morgan fingerprint density at radius 3 is 2.16 bits per heavy atom. The Labute approximate surface area is 265 Å². The fraction of sp³-hybridized carbons (Fsp3) is 0.200. The highest BCUT2D eigenvalue weighted by atomic mass is 14.5. The van der Waals surface area contributed by atoms with Crippen molar-refractivity contribution in [3.05, 3.63) is 132 Å². The first-order valence-corrected chi connectivity index (χ1v) is 16.8. The zero-order chi connectivity index (χ0) is 29.9. The Kier molecular flexibility index (Phi) is 5.23. The smallest absolute Gasteiger partial charge is 0.00199 e. The molecular weight excluding hydrogens is 540 g/mol. The second kappa shape index (κ2) is 9.18. The van der Waals surface area contributed by atoms with E-state index >= 15 is 0 Å². The van der Waals surface area contributed by atoms with Gasteiger partial charge in [0.1, 0.15) is 0 Å². The van der Waals surface area contributed by atoms with E-state index in [1.165, 1.54) is 103 Å². The number of fused-ring (bicyclic) bond motifs is 10. The van der Waals surface area contributed by atoms with Crippen LogP contribution in [0.1, 0.15) is 56.6 Å². The molecule has 0 bridgehead atoms. The highest BCUT2D eigenvalue weighted by Gasteiger charge is 2.46. The summed E-state index contributed by atoms with van der Waals surface area (Å²) in [5.74, 6) is 1.54. The molecule has 0 heteroatoms. The van der Waals surface area contributed by atoms with Gasteiger partial charge in [-0.05, 0) is 136 Å². The molecule has 3 aliphatic rings. The summed E-state index contributed by atoms with van der Waals surface area (Å²) in [6.45, 7) is 4.99. The quantitative estimate of drug-likeness (QED) is 0.180. The molecule has 1 fully saturated rings. The van der Waals surface area contributed by atoms with Gasteiger partial charge in [0.05, 0.1) is 0 Å². The molecule has 0 aromatic heterocycles. The van der Waals surface area contributed by atoms with Gasteiger partial charge >= 0.3 is 0 Å². The van der Waals surface area contributed by atoms with Gasteiger partial charge in [-0.15, -0.1) is 0 Å². The summed E-state index contributed by atoms with van der Waals surface area (Å²) in [6.07, 6.45) is 5.51. The van der Waals surface area contributed by atoms with Crippen molar-refractivity contribution in [2.75, 3.05) is 0 Å². The molecule has 0 heterocycles. The van der Waals surface area contributed by atoms with Crippen LogP contribution >= 0.6 is 0 Å². The third kappa shape index (κ3) is 3.54. The number of rotatable bonds is 2. The van der Waals surface area contributed by atoms with Crippen LogP contribution in [-0.4, -0.2) is 0 Å². The molecule has 7 aromatic carbocycles. The Hall–Kier alpha value is -4.68. The summed E-state index contributed by atoms with van der Waals surface area (Å²) in [6, 6.07) is 46.4. The van der Waals surface area contributed by atoms with Gasteiger partial charge in [-0.1, -0.05) is 130 Å². The van der Waals surface area contributed by atoms with Gasteiger partial charge in [0.25, 0.3) is 0 Å². The molecule has 2 unspecified atom stereocenters. The average molecular weight is 577 g/mol. The molecule has 0 spiro atoms. The maximum Gasteiger partial charge on any atom is -0.00199 e. The van der Waals surface area contributed by atoms with Crippen molar-refractivity contribution in [1.29, 1.82) is 0 Å². The van der Waals surface area contributed by atoms with Crippen LogP contribution in [0.5, 0.6) is 0 Å². The second-order valence-corrected chi connectivity index (χ2v) is 14.4. The average Bonchev–Trinajstić information content (AvgIpc) is 3.53. The van der Waals surface area contributed by atoms with E-state index in [0.29, 0.717) is 0 Å². The molecule has 0 N–H and O–H groups in total. The highest BCUT2D eigenvalue weighted by Crippen LogP contribution is 2.57. The van der Waals surface area contributed by atoms with Crippen molar-refractivity contribution in [3.63, 3.8) is 0 Å². The Morgan fingerprint density at radius 2 is 1.24 bits per heavy atom. The number of hydrogen-bond donors (Lipinski definition) is 0.